The highest BCUT2D eigenvalue weighted by Gasteiger charge is 2.30. The summed E-state index contributed by atoms with van der Waals surface area (Å²) in [4.78, 5) is 31.2. The average molecular weight is 1620 g/mol. The lowest BCUT2D eigenvalue weighted by molar-refractivity contribution is 1.07. The first kappa shape index (κ1) is 76.7. The second kappa shape index (κ2) is 32.4. The summed E-state index contributed by atoms with van der Waals surface area (Å²) in [6.45, 7) is 6.49. The van der Waals surface area contributed by atoms with Gasteiger partial charge in [-0.25, -0.2) is 29.9 Å². The van der Waals surface area contributed by atoms with Gasteiger partial charge >= 0.3 is 0 Å². The van der Waals surface area contributed by atoms with Crippen LogP contribution in [0.4, 0.5) is 0 Å². The molecule has 0 saturated carbocycles. The fourth-order valence-corrected chi connectivity index (χ4v) is 18.1. The van der Waals surface area contributed by atoms with Crippen molar-refractivity contribution in [2.24, 2.45) is 0 Å². The summed E-state index contributed by atoms with van der Waals surface area (Å²) in [5, 5.41) is 48.8. The van der Waals surface area contributed by atoms with E-state index in [0.29, 0.717) is 90.6 Å². The van der Waals surface area contributed by atoms with Gasteiger partial charge in [0.2, 0.25) is 0 Å². The summed E-state index contributed by atoms with van der Waals surface area (Å²) in [6.07, 6.45) is 0. The largest absolute Gasteiger partial charge is 0.308 e. The molecule has 21 rings (SSSR count). The quantitative estimate of drug-likeness (QED) is 0.0902. The molecule has 12 nitrogen and oxygen atoms in total. The van der Waals surface area contributed by atoms with E-state index in [9.17, 15) is 21.0 Å². The number of nitriles is 4. The van der Waals surface area contributed by atoms with Gasteiger partial charge in [0.25, 0.3) is 0 Å². The van der Waals surface area contributed by atoms with E-state index in [1.165, 1.54) is 0 Å². The Bertz CT molecular complexity index is 7950. The summed E-state index contributed by atoms with van der Waals surface area (Å²) in [5.41, 5.74) is 29.2. The van der Waals surface area contributed by atoms with Crippen molar-refractivity contribution in [2.75, 3.05) is 0 Å². The Morgan fingerprint density at radius 2 is 0.465 bits per heavy atom. The third-order valence-corrected chi connectivity index (χ3v) is 24.1. The molecule has 592 valence electrons. The number of benzene rings is 17. The highest BCUT2D eigenvalue weighted by Crippen LogP contribution is 2.50. The van der Waals surface area contributed by atoms with Gasteiger partial charge in [-0.1, -0.05) is 279 Å². The molecule has 0 saturated heterocycles. The van der Waals surface area contributed by atoms with Gasteiger partial charge in [0, 0.05) is 99.4 Å². The Balaban J connectivity index is 0.731. The first-order valence-corrected chi connectivity index (χ1v) is 42.0. The van der Waals surface area contributed by atoms with Crippen molar-refractivity contribution in [3.8, 4) is 193 Å². The fourth-order valence-electron chi connectivity index (χ4n) is 18.1. The van der Waals surface area contributed by atoms with Crippen molar-refractivity contribution < 1.29 is 0 Å². The van der Waals surface area contributed by atoms with E-state index < -0.39 is 0 Å². The minimum Gasteiger partial charge on any atom is -0.308 e. The molecule has 0 spiro atoms. The molecule has 12 heteroatoms. The van der Waals surface area contributed by atoms with Gasteiger partial charge in [-0.2, -0.15) is 21.0 Å². The average Bonchev–Trinajstić information content (AvgIpc) is 1.62. The number of aryl methyl sites for hydroxylation is 3. The predicted octanol–water partition coefficient (Wildman–Crippen LogP) is 28.0. The Morgan fingerprint density at radius 1 is 0.189 bits per heavy atom. The van der Waals surface area contributed by atoms with Crippen LogP contribution in [-0.4, -0.2) is 39.0 Å². The van der Waals surface area contributed by atoms with Crippen molar-refractivity contribution in [3.05, 3.63) is 421 Å². The molecule has 0 aliphatic carbocycles. The lowest BCUT2D eigenvalue weighted by atomic mass is 9.89. The Morgan fingerprint density at radius 3 is 0.850 bits per heavy atom. The maximum atomic E-state index is 11.2. The van der Waals surface area contributed by atoms with E-state index in [1.54, 1.807) is 0 Å². The van der Waals surface area contributed by atoms with Gasteiger partial charge in [0.05, 0.1) is 80.0 Å². The van der Waals surface area contributed by atoms with Crippen molar-refractivity contribution >= 4 is 43.6 Å². The van der Waals surface area contributed by atoms with Crippen LogP contribution in [0.25, 0.3) is 212 Å². The van der Waals surface area contributed by atoms with Crippen molar-refractivity contribution in [2.45, 2.75) is 20.8 Å². The van der Waals surface area contributed by atoms with Gasteiger partial charge in [-0.15, -0.1) is 0 Å². The molecule has 0 N–H and O–H groups in total. The number of para-hydroxylation sites is 1. The minimum atomic E-state index is 0.419. The third-order valence-electron chi connectivity index (χ3n) is 24.1. The molecule has 0 fully saturated rings. The lowest BCUT2D eigenvalue weighted by Crippen LogP contribution is -2.05. The molecule has 0 atom stereocenters. The topological polar surface area (TPSA) is 182 Å². The Labute approximate surface area is 733 Å². The number of aromatic nitrogens is 8. The summed E-state index contributed by atoms with van der Waals surface area (Å²) >= 11 is 0. The van der Waals surface area contributed by atoms with Crippen LogP contribution in [0.15, 0.2) is 382 Å². The van der Waals surface area contributed by atoms with E-state index in [0.717, 1.165) is 161 Å². The predicted molar refractivity (Wildman–Crippen MR) is 511 cm³/mol. The highest BCUT2D eigenvalue weighted by atomic mass is 15.1. The Kier molecular flexibility index (Phi) is 19.5. The van der Waals surface area contributed by atoms with Crippen LogP contribution < -0.4 is 0 Å². The highest BCUT2D eigenvalue weighted by molar-refractivity contribution is 6.15. The maximum absolute atomic E-state index is 11.2. The van der Waals surface area contributed by atoms with E-state index in [4.69, 9.17) is 29.9 Å². The third kappa shape index (κ3) is 13.9. The molecule has 0 unspecified atom stereocenters. The molecule has 127 heavy (non-hydrogen) atoms. The van der Waals surface area contributed by atoms with Crippen LogP contribution in [0.5, 0.6) is 0 Å². The van der Waals surface area contributed by atoms with Gasteiger partial charge in [0.15, 0.2) is 34.9 Å². The van der Waals surface area contributed by atoms with Crippen LogP contribution >= 0.6 is 0 Å². The van der Waals surface area contributed by atoms with Gasteiger partial charge in [-0.05, 0) is 185 Å². The molecule has 17 aromatic carbocycles. The van der Waals surface area contributed by atoms with E-state index in [-0.39, 0.29) is 0 Å². The molecule has 0 radical (unpaired) electrons. The number of hydrogen-bond donors (Lipinski definition) is 0. The molecule has 4 heterocycles. The van der Waals surface area contributed by atoms with Crippen molar-refractivity contribution in [1.29, 1.82) is 21.0 Å². The summed E-state index contributed by atoms with van der Waals surface area (Å²) in [6, 6.07) is 140. The number of nitrogens with zero attached hydrogens (tertiary/aromatic N) is 12. The van der Waals surface area contributed by atoms with Crippen molar-refractivity contribution in [1.82, 2.24) is 39.0 Å². The van der Waals surface area contributed by atoms with E-state index in [1.807, 2.05) is 218 Å². The van der Waals surface area contributed by atoms with Crippen LogP contribution in [0.3, 0.4) is 0 Å². The molecule has 0 amide bonds. The summed E-state index contributed by atoms with van der Waals surface area (Å²) in [5.74, 6) is 2.84. The van der Waals surface area contributed by atoms with Crippen LogP contribution in [0.2, 0.25) is 0 Å². The first-order chi connectivity index (χ1) is 62.5. The standard InChI is InChI=1S/C115H72N12/c1-71-56-86(58-87(57-71)79-50-53-105-97(60-79)95-46-26-27-47-104(95)126(105)108-100(91-42-22-17-37-82(91)67-116)63-88(64-101(108)92-43-23-18-38-83(92)68-117)114-122-110(74-29-8-4-9-30-74)120-111(123-114)75-31-10-5-11-32-75)78-49-48-73(3)96(59-78)81-52-55-107-99(62-81)98-61-80(90-41-21-16-28-72(90)2)51-54-106(98)127(107)109-102(93-44-24-19-39-84(93)69-118)65-89(66-103(109)94-45-25-20-40-85(94)70-119)115-124-112(76-33-12-6-13-34-76)121-113(125-115)77-35-14-7-15-36-77/h4-66H,1-3H3. The zero-order valence-electron chi connectivity index (χ0n) is 69.2. The van der Waals surface area contributed by atoms with Crippen LogP contribution in [-0.2, 0) is 0 Å². The van der Waals surface area contributed by atoms with E-state index >= 15 is 0 Å². The zero-order chi connectivity index (χ0) is 85.8. The minimum absolute atomic E-state index is 0.419. The van der Waals surface area contributed by atoms with Crippen molar-refractivity contribution in [3.63, 3.8) is 0 Å². The molecule has 4 aromatic heterocycles. The second-order valence-corrected chi connectivity index (χ2v) is 31.9. The normalized spacial score (nSPS) is 11.2. The SMILES string of the molecule is Cc1cc(-c2ccc(C)c(-c3ccc4c(c3)c3cc(-c5ccccc5C)ccc3n4-c3c(-c4ccccc4C#N)cc(-c4nc(-c5ccccc5)nc(-c5ccccc5)n4)cc3-c3ccccc3C#N)c2)cc(-c2ccc3c(c2)c2ccccc2n3-c2c(-c3ccccc3C#N)cc(-c3nc(-c4ccccc4)nc(-c4ccccc4)n3)cc2-c2ccccc2C#N)c1. The van der Waals surface area contributed by atoms with Crippen LogP contribution in [0, 0.1) is 66.1 Å². The molecular formula is C115H72N12. The van der Waals surface area contributed by atoms with Gasteiger partial charge in [-0.3, -0.25) is 0 Å². The number of fused-ring (bicyclic) bond motifs is 6. The van der Waals surface area contributed by atoms with E-state index in [2.05, 4.69) is 218 Å². The van der Waals surface area contributed by atoms with Gasteiger partial charge in [0.1, 0.15) is 0 Å². The maximum Gasteiger partial charge on any atom is 0.164 e. The van der Waals surface area contributed by atoms with Gasteiger partial charge < -0.3 is 9.13 Å². The molecular weight excluding hydrogens is 1550 g/mol. The van der Waals surface area contributed by atoms with Crippen LogP contribution in [0.1, 0.15) is 38.9 Å². The Hall–Kier alpha value is -17.7. The zero-order valence-corrected chi connectivity index (χ0v) is 69.2. The summed E-state index contributed by atoms with van der Waals surface area (Å²) < 4.78 is 4.63. The molecule has 0 bridgehead atoms. The fraction of sp³-hybridized carbons (Fsp3) is 0.0261. The molecule has 0 aliphatic rings. The second-order valence-electron chi connectivity index (χ2n) is 31.9. The summed E-state index contributed by atoms with van der Waals surface area (Å²) in [7, 11) is 0. The first-order valence-electron chi connectivity index (χ1n) is 42.0. The number of rotatable bonds is 16. The smallest absolute Gasteiger partial charge is 0.164 e. The lowest BCUT2D eigenvalue weighted by Gasteiger charge is -2.22. The molecule has 21 aromatic rings. The molecule has 0 aliphatic heterocycles. The monoisotopic (exact) mass is 1620 g/mol. The number of hydrogen-bond acceptors (Lipinski definition) is 10.